The summed E-state index contributed by atoms with van der Waals surface area (Å²) < 4.78 is 2.61. The summed E-state index contributed by atoms with van der Waals surface area (Å²) in [6.45, 7) is 0. The number of hydrogen-bond donors (Lipinski definition) is 0. The second-order valence-corrected chi connectivity index (χ2v) is 21.0. The third-order valence-electron chi connectivity index (χ3n) is 12.2. The minimum absolute atomic E-state index is 0.0275. The van der Waals surface area contributed by atoms with Gasteiger partial charge in [0.15, 0.2) is 0 Å². The highest BCUT2D eigenvalue weighted by Gasteiger charge is 2.36. The third kappa shape index (κ3) is 6.52. The number of benzene rings is 8. The van der Waals surface area contributed by atoms with E-state index in [1.54, 1.807) is 0 Å². The molecule has 1 aliphatic carbocycles. The summed E-state index contributed by atoms with van der Waals surface area (Å²) in [5.74, 6) is 0. The van der Waals surface area contributed by atoms with E-state index in [4.69, 9.17) is 11.8 Å². The van der Waals surface area contributed by atoms with Crippen LogP contribution in [0.3, 0.4) is 0 Å². The number of thiophene rings is 1. The summed E-state index contributed by atoms with van der Waals surface area (Å²) in [6.07, 6.45) is 6.07. The van der Waals surface area contributed by atoms with Crippen molar-refractivity contribution in [2.75, 3.05) is 4.90 Å². The zero-order valence-corrected chi connectivity index (χ0v) is 34.9. The summed E-state index contributed by atoms with van der Waals surface area (Å²) in [5.41, 5.74) is 8.72. The first-order chi connectivity index (χ1) is 28.6. The van der Waals surface area contributed by atoms with E-state index in [1.807, 2.05) is 11.3 Å². The number of hydrogen-bond acceptors (Lipinski definition) is 3. The minimum atomic E-state index is -2.42. The molecule has 282 valence electrons. The fourth-order valence-electron chi connectivity index (χ4n) is 9.32. The highest BCUT2D eigenvalue weighted by atomic mass is 32.4. The minimum Gasteiger partial charge on any atom is -0.311 e. The van der Waals surface area contributed by atoms with Crippen LogP contribution in [-0.4, -0.2) is 0 Å². The Labute approximate surface area is 351 Å². The lowest BCUT2D eigenvalue weighted by Crippen LogP contribution is -2.30. The van der Waals surface area contributed by atoms with E-state index in [1.165, 1.54) is 83.3 Å². The Morgan fingerprint density at radius 1 is 0.448 bits per heavy atom. The molecule has 0 bridgehead atoms. The Morgan fingerprint density at radius 2 is 0.931 bits per heavy atom. The average molecular weight is 802 g/mol. The van der Waals surface area contributed by atoms with Crippen LogP contribution in [0.1, 0.15) is 43.2 Å². The zero-order chi connectivity index (χ0) is 38.9. The Balaban J connectivity index is 1.08. The van der Waals surface area contributed by atoms with E-state index in [2.05, 4.69) is 211 Å². The van der Waals surface area contributed by atoms with Gasteiger partial charge < -0.3 is 4.90 Å². The van der Waals surface area contributed by atoms with Crippen LogP contribution in [0.2, 0.25) is 0 Å². The predicted molar refractivity (Wildman–Crippen MR) is 256 cm³/mol. The molecule has 0 atom stereocenters. The normalized spacial score (nSPS) is 14.1. The first kappa shape index (κ1) is 36.7. The van der Waals surface area contributed by atoms with Gasteiger partial charge >= 0.3 is 0 Å². The van der Waals surface area contributed by atoms with Crippen LogP contribution in [0.5, 0.6) is 0 Å². The van der Waals surface area contributed by atoms with Crippen molar-refractivity contribution in [3.8, 4) is 11.1 Å². The van der Waals surface area contributed by atoms with Gasteiger partial charge in [0.1, 0.15) is 0 Å². The molecule has 58 heavy (non-hydrogen) atoms. The molecule has 0 saturated heterocycles. The first-order valence-corrected chi connectivity index (χ1v) is 24.0. The van der Waals surface area contributed by atoms with Gasteiger partial charge in [-0.3, -0.25) is 0 Å². The molecule has 1 heterocycles. The molecule has 1 saturated carbocycles. The van der Waals surface area contributed by atoms with Crippen LogP contribution in [0.25, 0.3) is 31.3 Å². The van der Waals surface area contributed by atoms with E-state index < -0.39 is 6.04 Å². The Kier molecular flexibility index (Phi) is 9.91. The lowest BCUT2D eigenvalue weighted by atomic mass is 9.65. The SMILES string of the molecule is S=P(c1ccccc1)(c1ccccc1)c1cc(-c2ccc(C3(c4ccc(N(c5ccccc5)c5ccccc5)cc4)CCCCC3)cc2)cc2c1sc1ccccc12. The molecule has 1 aromatic heterocycles. The second kappa shape index (κ2) is 15.6. The Bertz CT molecular complexity index is 2780. The fraction of sp³-hybridized carbons (Fsp3) is 0.111. The van der Waals surface area contributed by atoms with Gasteiger partial charge in [-0.15, -0.1) is 11.3 Å². The third-order valence-corrected chi connectivity index (χ3v) is 18.5. The average Bonchev–Trinajstić information content (AvgIpc) is 3.69. The molecule has 0 aliphatic heterocycles. The van der Waals surface area contributed by atoms with Crippen molar-refractivity contribution in [2.24, 2.45) is 0 Å². The summed E-state index contributed by atoms with van der Waals surface area (Å²) >= 11 is 8.90. The van der Waals surface area contributed by atoms with Crippen LogP contribution in [-0.2, 0) is 17.2 Å². The smallest absolute Gasteiger partial charge is 0.0461 e. The van der Waals surface area contributed by atoms with Crippen molar-refractivity contribution in [1.82, 2.24) is 0 Å². The van der Waals surface area contributed by atoms with Gasteiger partial charge in [0, 0.05) is 54.0 Å². The summed E-state index contributed by atoms with van der Waals surface area (Å²) in [7, 11) is 0. The van der Waals surface area contributed by atoms with Crippen LogP contribution in [0.4, 0.5) is 17.1 Å². The van der Waals surface area contributed by atoms with Gasteiger partial charge in [-0.05, 0) is 100 Å². The molecule has 0 spiro atoms. The summed E-state index contributed by atoms with van der Waals surface area (Å²) in [6, 6.07) is 73.4. The molecule has 1 fully saturated rings. The molecule has 9 aromatic rings. The van der Waals surface area contributed by atoms with Gasteiger partial charge in [0.05, 0.1) is 0 Å². The van der Waals surface area contributed by atoms with E-state index >= 15 is 0 Å². The molecule has 0 amide bonds. The van der Waals surface area contributed by atoms with Crippen LogP contribution in [0.15, 0.2) is 206 Å². The van der Waals surface area contributed by atoms with Gasteiger partial charge in [-0.2, -0.15) is 0 Å². The van der Waals surface area contributed by atoms with Crippen LogP contribution in [0, 0.1) is 0 Å². The molecule has 0 N–H and O–H groups in total. The van der Waals surface area contributed by atoms with Crippen molar-refractivity contribution in [3.63, 3.8) is 0 Å². The largest absolute Gasteiger partial charge is 0.311 e. The monoisotopic (exact) mass is 801 g/mol. The lowest BCUT2D eigenvalue weighted by Gasteiger charge is -2.39. The van der Waals surface area contributed by atoms with E-state index in [-0.39, 0.29) is 5.41 Å². The van der Waals surface area contributed by atoms with Gasteiger partial charge in [-0.1, -0.05) is 183 Å². The highest BCUT2D eigenvalue weighted by Crippen LogP contribution is 2.50. The molecule has 0 radical (unpaired) electrons. The standard InChI is InChI=1S/C54H44NPS2/c57-56(47-22-10-3-11-23-47,48-24-12-4-13-25-48)51-39-41(38-50-49-26-14-15-27-52(49)58-53(50)51)40-28-30-42(31-29-40)54(36-16-5-17-37-54)43-32-34-46(35-33-43)55(44-18-6-1-7-19-44)45-20-8-2-9-21-45/h1-4,6-15,18-35,38-39H,5,16-17,36-37H2. The highest BCUT2D eigenvalue weighted by molar-refractivity contribution is 8.25. The van der Waals surface area contributed by atoms with Crippen molar-refractivity contribution in [2.45, 2.75) is 37.5 Å². The summed E-state index contributed by atoms with van der Waals surface area (Å²) in [5, 5.41) is 6.32. The van der Waals surface area contributed by atoms with Gasteiger partial charge in [-0.25, -0.2) is 0 Å². The number of rotatable bonds is 9. The fourth-order valence-corrected chi connectivity index (χ4v) is 15.1. The predicted octanol–water partition coefficient (Wildman–Crippen LogP) is 14.2. The molecule has 10 rings (SSSR count). The summed E-state index contributed by atoms with van der Waals surface area (Å²) in [4.78, 5) is 2.35. The molecule has 1 aliphatic rings. The van der Waals surface area contributed by atoms with Gasteiger partial charge in [0.25, 0.3) is 0 Å². The molecular weight excluding hydrogens is 758 g/mol. The lowest BCUT2D eigenvalue weighted by molar-refractivity contribution is 0.346. The quantitative estimate of drug-likeness (QED) is 0.134. The molecule has 4 heteroatoms. The van der Waals surface area contributed by atoms with Crippen molar-refractivity contribution in [3.05, 3.63) is 217 Å². The maximum Gasteiger partial charge on any atom is 0.0461 e. The maximum atomic E-state index is 7.01. The maximum absolute atomic E-state index is 7.01. The Hall–Kier alpha value is -5.57. The molecular formula is C54H44NPS2. The molecule has 8 aromatic carbocycles. The van der Waals surface area contributed by atoms with Crippen molar-refractivity contribution < 1.29 is 0 Å². The number of para-hydroxylation sites is 2. The number of fused-ring (bicyclic) bond motifs is 3. The first-order valence-electron chi connectivity index (χ1n) is 20.4. The van der Waals surface area contributed by atoms with Crippen molar-refractivity contribution >= 4 is 82.3 Å². The van der Waals surface area contributed by atoms with E-state index in [0.717, 1.165) is 24.2 Å². The van der Waals surface area contributed by atoms with Crippen molar-refractivity contribution in [1.29, 1.82) is 0 Å². The van der Waals surface area contributed by atoms with E-state index in [0.29, 0.717) is 0 Å². The Morgan fingerprint density at radius 3 is 1.50 bits per heavy atom. The topological polar surface area (TPSA) is 3.24 Å². The van der Waals surface area contributed by atoms with E-state index in [9.17, 15) is 0 Å². The number of anilines is 3. The van der Waals surface area contributed by atoms with Crippen LogP contribution >= 0.6 is 17.4 Å². The number of nitrogens with zero attached hydrogens (tertiary/aromatic N) is 1. The molecule has 0 unspecified atom stereocenters. The second-order valence-electron chi connectivity index (χ2n) is 15.5. The molecule has 1 nitrogen and oxygen atoms in total. The van der Waals surface area contributed by atoms with Gasteiger partial charge in [0.2, 0.25) is 0 Å². The zero-order valence-electron chi connectivity index (χ0n) is 32.4. The van der Waals surface area contributed by atoms with Crippen LogP contribution < -0.4 is 20.8 Å².